The minimum Gasteiger partial charge on any atom is -0.337 e. The Hall–Kier alpha value is -2.08. The van der Waals surface area contributed by atoms with Crippen molar-refractivity contribution in [2.75, 3.05) is 26.2 Å². The van der Waals surface area contributed by atoms with Crippen molar-refractivity contribution in [1.82, 2.24) is 9.80 Å². The molecule has 1 saturated heterocycles. The lowest BCUT2D eigenvalue weighted by Gasteiger charge is -2.23. The number of thioether (sulfide) groups is 1. The number of thiophene rings is 1. The van der Waals surface area contributed by atoms with Crippen molar-refractivity contribution in [1.29, 1.82) is 0 Å². The van der Waals surface area contributed by atoms with E-state index >= 15 is 0 Å². The normalized spacial score (nSPS) is 15.2. The van der Waals surface area contributed by atoms with Gasteiger partial charge in [0.1, 0.15) is 0 Å². The molecular weight excluding hydrogens is 396 g/mol. The summed E-state index contributed by atoms with van der Waals surface area (Å²) in [6.45, 7) is 4.53. The Balaban J connectivity index is 1.39. The van der Waals surface area contributed by atoms with Gasteiger partial charge in [-0.05, 0) is 35.6 Å². The van der Waals surface area contributed by atoms with E-state index in [1.54, 1.807) is 23.1 Å². The van der Waals surface area contributed by atoms with Crippen LogP contribution >= 0.6 is 23.1 Å². The Kier molecular flexibility index (Phi) is 7.04. The largest absolute Gasteiger partial charge is 0.337 e. The second-order valence-electron chi connectivity index (χ2n) is 7.27. The molecule has 1 aromatic heterocycles. The van der Waals surface area contributed by atoms with Crippen LogP contribution in [-0.2, 0) is 12.3 Å². The van der Waals surface area contributed by atoms with Crippen LogP contribution in [0.4, 0.5) is 0 Å². The SMILES string of the molecule is O=C(c1ccccc1SCc1cccs1)N1CCCN(Cc2ccccc2)CC1. The van der Waals surface area contributed by atoms with Crippen LogP contribution < -0.4 is 0 Å². The van der Waals surface area contributed by atoms with Gasteiger partial charge in [-0.3, -0.25) is 9.69 Å². The molecule has 3 nitrogen and oxygen atoms in total. The highest BCUT2D eigenvalue weighted by Gasteiger charge is 2.22. The fourth-order valence-electron chi connectivity index (χ4n) is 3.66. The maximum atomic E-state index is 13.3. The first-order valence-electron chi connectivity index (χ1n) is 10.1. The number of hydrogen-bond donors (Lipinski definition) is 0. The van der Waals surface area contributed by atoms with Crippen molar-refractivity contribution in [2.45, 2.75) is 23.6 Å². The van der Waals surface area contributed by atoms with Crippen LogP contribution in [0, 0.1) is 0 Å². The van der Waals surface area contributed by atoms with E-state index in [2.05, 4.69) is 58.8 Å². The Morgan fingerprint density at radius 1 is 0.897 bits per heavy atom. The van der Waals surface area contributed by atoms with Crippen LogP contribution in [0.2, 0.25) is 0 Å². The van der Waals surface area contributed by atoms with Crippen molar-refractivity contribution in [2.24, 2.45) is 0 Å². The lowest BCUT2D eigenvalue weighted by molar-refractivity contribution is 0.0757. The third-order valence-corrected chi connectivity index (χ3v) is 7.37. The second-order valence-corrected chi connectivity index (χ2v) is 9.32. The van der Waals surface area contributed by atoms with Crippen LogP contribution in [-0.4, -0.2) is 41.9 Å². The maximum Gasteiger partial charge on any atom is 0.255 e. The van der Waals surface area contributed by atoms with E-state index < -0.39 is 0 Å². The minimum absolute atomic E-state index is 0.167. The second kappa shape index (κ2) is 10.1. The van der Waals surface area contributed by atoms with E-state index in [1.165, 1.54) is 10.4 Å². The van der Waals surface area contributed by atoms with Gasteiger partial charge in [0.15, 0.2) is 0 Å². The summed E-state index contributed by atoms with van der Waals surface area (Å²) in [5, 5.41) is 2.10. The topological polar surface area (TPSA) is 23.6 Å². The molecule has 3 aromatic rings. The predicted molar refractivity (Wildman–Crippen MR) is 123 cm³/mol. The van der Waals surface area contributed by atoms with Crippen LogP contribution in [0.25, 0.3) is 0 Å². The maximum absolute atomic E-state index is 13.3. The van der Waals surface area contributed by atoms with Gasteiger partial charge < -0.3 is 4.90 Å². The fourth-order valence-corrected chi connectivity index (χ4v) is 5.47. The summed E-state index contributed by atoms with van der Waals surface area (Å²) in [5.41, 5.74) is 2.17. The van der Waals surface area contributed by atoms with E-state index in [4.69, 9.17) is 0 Å². The molecule has 5 heteroatoms. The quantitative estimate of drug-likeness (QED) is 0.498. The average Bonchev–Trinajstić information content (AvgIpc) is 3.18. The molecule has 1 amide bonds. The predicted octanol–water partition coefficient (Wildman–Crippen LogP) is 5.39. The average molecular weight is 423 g/mol. The molecule has 0 bridgehead atoms. The number of hydrogen-bond acceptors (Lipinski definition) is 4. The fraction of sp³-hybridized carbons (Fsp3) is 0.292. The Labute approximate surface area is 181 Å². The van der Waals surface area contributed by atoms with E-state index in [-0.39, 0.29) is 5.91 Å². The highest BCUT2D eigenvalue weighted by atomic mass is 32.2. The van der Waals surface area contributed by atoms with Gasteiger partial charge in [0.05, 0.1) is 5.56 Å². The summed E-state index contributed by atoms with van der Waals surface area (Å²) >= 11 is 3.52. The molecule has 0 spiro atoms. The molecule has 1 fully saturated rings. The number of benzene rings is 2. The molecular formula is C24H26N2OS2. The van der Waals surface area contributed by atoms with Gasteiger partial charge in [-0.1, -0.05) is 48.5 Å². The highest BCUT2D eigenvalue weighted by molar-refractivity contribution is 7.98. The van der Waals surface area contributed by atoms with E-state index in [9.17, 15) is 4.79 Å². The number of rotatable bonds is 6. The van der Waals surface area contributed by atoms with Crippen molar-refractivity contribution < 1.29 is 4.79 Å². The van der Waals surface area contributed by atoms with E-state index in [0.29, 0.717) is 0 Å². The molecule has 2 heterocycles. The summed E-state index contributed by atoms with van der Waals surface area (Å²) in [6, 6.07) is 22.9. The number of carbonyl (C=O) groups is 1. The summed E-state index contributed by atoms with van der Waals surface area (Å²) in [6.07, 6.45) is 1.02. The molecule has 29 heavy (non-hydrogen) atoms. The number of amides is 1. The van der Waals surface area contributed by atoms with Gasteiger partial charge in [-0.2, -0.15) is 0 Å². The van der Waals surface area contributed by atoms with Gasteiger partial charge in [-0.25, -0.2) is 0 Å². The standard InChI is InChI=1S/C24H26N2OS2/c27-24(22-11-4-5-12-23(22)29-19-21-10-6-17-28-21)26-14-7-13-25(15-16-26)18-20-8-2-1-3-9-20/h1-6,8-12,17H,7,13-16,18-19H2. The number of carbonyl (C=O) groups excluding carboxylic acids is 1. The first kappa shape index (κ1) is 20.2. The summed E-state index contributed by atoms with van der Waals surface area (Å²) in [5.74, 6) is 1.08. The van der Waals surface area contributed by atoms with Crippen molar-refractivity contribution in [3.63, 3.8) is 0 Å². The Morgan fingerprint density at radius 3 is 2.55 bits per heavy atom. The first-order valence-corrected chi connectivity index (χ1v) is 12.0. The van der Waals surface area contributed by atoms with Crippen molar-refractivity contribution >= 4 is 29.0 Å². The third kappa shape index (κ3) is 5.50. The molecule has 4 rings (SSSR count). The summed E-state index contributed by atoms with van der Waals surface area (Å²) in [7, 11) is 0. The van der Waals surface area contributed by atoms with Gasteiger partial charge >= 0.3 is 0 Å². The van der Waals surface area contributed by atoms with Gasteiger partial charge in [0.2, 0.25) is 0 Å². The molecule has 0 saturated carbocycles. The molecule has 1 aliphatic heterocycles. The smallest absolute Gasteiger partial charge is 0.255 e. The highest BCUT2D eigenvalue weighted by Crippen LogP contribution is 2.29. The molecule has 0 N–H and O–H groups in total. The zero-order valence-corrected chi connectivity index (χ0v) is 18.1. The third-order valence-electron chi connectivity index (χ3n) is 5.19. The summed E-state index contributed by atoms with van der Waals surface area (Å²) < 4.78 is 0. The zero-order valence-electron chi connectivity index (χ0n) is 16.5. The first-order chi connectivity index (χ1) is 14.3. The lowest BCUT2D eigenvalue weighted by Crippen LogP contribution is -2.35. The van der Waals surface area contributed by atoms with Gasteiger partial charge in [0.25, 0.3) is 5.91 Å². The monoisotopic (exact) mass is 422 g/mol. The van der Waals surface area contributed by atoms with E-state index in [1.807, 2.05) is 23.1 Å². The number of nitrogens with zero attached hydrogens (tertiary/aromatic N) is 2. The van der Waals surface area contributed by atoms with Crippen LogP contribution in [0.1, 0.15) is 27.2 Å². The molecule has 0 unspecified atom stereocenters. The Morgan fingerprint density at radius 2 is 1.72 bits per heavy atom. The van der Waals surface area contributed by atoms with Crippen LogP contribution in [0.3, 0.4) is 0 Å². The molecule has 150 valence electrons. The minimum atomic E-state index is 0.167. The van der Waals surface area contributed by atoms with Crippen molar-refractivity contribution in [3.8, 4) is 0 Å². The van der Waals surface area contributed by atoms with Crippen LogP contribution in [0.5, 0.6) is 0 Å². The van der Waals surface area contributed by atoms with E-state index in [0.717, 1.165) is 55.4 Å². The van der Waals surface area contributed by atoms with Crippen LogP contribution in [0.15, 0.2) is 77.0 Å². The Bertz CT molecular complexity index is 912. The molecule has 0 aliphatic carbocycles. The lowest BCUT2D eigenvalue weighted by atomic mass is 10.2. The van der Waals surface area contributed by atoms with Crippen molar-refractivity contribution in [3.05, 3.63) is 88.1 Å². The molecule has 2 aromatic carbocycles. The molecule has 0 radical (unpaired) electrons. The van der Waals surface area contributed by atoms with Gasteiger partial charge in [0, 0.05) is 48.2 Å². The zero-order chi connectivity index (χ0) is 19.9. The van der Waals surface area contributed by atoms with Gasteiger partial charge in [-0.15, -0.1) is 23.1 Å². The molecule has 1 aliphatic rings. The molecule has 0 atom stereocenters. The summed E-state index contributed by atoms with van der Waals surface area (Å²) in [4.78, 5) is 20.2.